The maximum absolute atomic E-state index is 9.50. The molecule has 1 aliphatic rings. The number of hydrogen-bond acceptors (Lipinski definition) is 6. The molecule has 5 rings (SSSR count). The average Bonchev–Trinajstić information content (AvgIpc) is 2.78. The van der Waals surface area contributed by atoms with Crippen molar-refractivity contribution in [1.82, 2.24) is 15.0 Å². The van der Waals surface area contributed by atoms with E-state index in [2.05, 4.69) is 22.0 Å². The number of hydrogen-bond donors (Lipinski definition) is 0. The highest BCUT2D eigenvalue weighted by Crippen LogP contribution is 2.34. The third kappa shape index (κ3) is 3.15. The van der Waals surface area contributed by atoms with E-state index >= 15 is 0 Å². The molecule has 6 nitrogen and oxygen atoms in total. The van der Waals surface area contributed by atoms with Crippen molar-refractivity contribution in [1.29, 1.82) is 5.26 Å². The van der Waals surface area contributed by atoms with Crippen LogP contribution in [0, 0.1) is 11.3 Å². The molecule has 0 radical (unpaired) electrons. The maximum atomic E-state index is 9.50. The molecule has 4 aromatic rings. The molecule has 1 saturated heterocycles. The number of nitriles is 1. The van der Waals surface area contributed by atoms with Gasteiger partial charge in [-0.1, -0.05) is 24.3 Å². The topological polar surface area (TPSA) is 74.9 Å². The van der Waals surface area contributed by atoms with E-state index in [9.17, 15) is 5.26 Å². The van der Waals surface area contributed by atoms with Crippen LogP contribution in [-0.2, 0) is 4.74 Å². The molecular weight excluding hydrogens is 374 g/mol. The van der Waals surface area contributed by atoms with Gasteiger partial charge in [0.1, 0.15) is 5.82 Å². The van der Waals surface area contributed by atoms with Gasteiger partial charge in [0.2, 0.25) is 0 Å². The zero-order valence-corrected chi connectivity index (χ0v) is 16.5. The predicted molar refractivity (Wildman–Crippen MR) is 116 cm³/mol. The Bertz CT molecular complexity index is 1260. The molecule has 0 saturated carbocycles. The van der Waals surface area contributed by atoms with Crippen LogP contribution >= 0.6 is 0 Å². The highest BCUT2D eigenvalue weighted by Gasteiger charge is 2.29. The van der Waals surface area contributed by atoms with E-state index in [0.29, 0.717) is 11.4 Å². The second kappa shape index (κ2) is 7.54. The summed E-state index contributed by atoms with van der Waals surface area (Å²) in [4.78, 5) is 16.1. The minimum absolute atomic E-state index is 0.208. The molecular formula is C24H19N5O. The summed E-state index contributed by atoms with van der Waals surface area (Å²) in [6.07, 6.45) is 3.72. The number of pyridine rings is 1. The fraction of sp³-hybridized carbons (Fsp3) is 0.167. The summed E-state index contributed by atoms with van der Waals surface area (Å²) in [5.41, 5.74) is 4.26. The third-order valence-corrected chi connectivity index (χ3v) is 5.43. The van der Waals surface area contributed by atoms with E-state index in [1.165, 1.54) is 0 Å². The highest BCUT2D eigenvalue weighted by molar-refractivity contribution is 5.95. The van der Waals surface area contributed by atoms with Gasteiger partial charge in [0.05, 0.1) is 23.3 Å². The lowest BCUT2D eigenvalue weighted by Gasteiger charge is -2.39. The third-order valence-electron chi connectivity index (χ3n) is 5.43. The smallest absolute Gasteiger partial charge is 0.163 e. The number of methoxy groups -OCH3 is 1. The molecule has 2 aromatic carbocycles. The van der Waals surface area contributed by atoms with Crippen molar-refractivity contribution in [3.05, 3.63) is 72.6 Å². The Kier molecular flexibility index (Phi) is 4.58. The Hall–Kier alpha value is -3.82. The molecule has 0 N–H and O–H groups in total. The number of aromatic nitrogens is 3. The van der Waals surface area contributed by atoms with Crippen LogP contribution in [0.2, 0.25) is 0 Å². The fourth-order valence-electron chi connectivity index (χ4n) is 3.74. The minimum Gasteiger partial charge on any atom is -0.378 e. The summed E-state index contributed by atoms with van der Waals surface area (Å²) in [5.74, 6) is 1.53. The van der Waals surface area contributed by atoms with Crippen LogP contribution < -0.4 is 4.90 Å². The van der Waals surface area contributed by atoms with Crippen molar-refractivity contribution < 1.29 is 4.74 Å². The van der Waals surface area contributed by atoms with Crippen LogP contribution in [0.25, 0.3) is 33.4 Å². The average molecular weight is 393 g/mol. The summed E-state index contributed by atoms with van der Waals surface area (Å²) in [6.45, 7) is 1.57. The van der Waals surface area contributed by atoms with Crippen molar-refractivity contribution in [2.75, 3.05) is 25.1 Å². The Labute approximate surface area is 174 Å². The van der Waals surface area contributed by atoms with E-state index in [4.69, 9.17) is 14.7 Å². The summed E-state index contributed by atoms with van der Waals surface area (Å²) < 4.78 is 5.46. The zero-order valence-electron chi connectivity index (χ0n) is 16.5. The van der Waals surface area contributed by atoms with E-state index in [1.807, 2.05) is 48.5 Å². The molecule has 146 valence electrons. The van der Waals surface area contributed by atoms with Gasteiger partial charge < -0.3 is 9.64 Å². The summed E-state index contributed by atoms with van der Waals surface area (Å²) >= 11 is 0. The highest BCUT2D eigenvalue weighted by atomic mass is 16.5. The number of fused-ring (bicyclic) bond motifs is 1. The molecule has 0 bridgehead atoms. The van der Waals surface area contributed by atoms with Crippen molar-refractivity contribution in [3.63, 3.8) is 0 Å². The first-order valence-corrected chi connectivity index (χ1v) is 9.76. The first-order chi connectivity index (χ1) is 14.8. The number of benzene rings is 2. The molecule has 0 aliphatic carbocycles. The van der Waals surface area contributed by atoms with Crippen LogP contribution in [0.15, 0.2) is 67.0 Å². The standard InChI is InChI=1S/C24H19N5O/c1-30-19-14-29(15-19)24-21-11-16(20-7-3-2-5-17(20)12-25)8-9-22(21)27-23(28-24)18-6-4-10-26-13-18/h2-11,13,19H,14-15H2,1H3. The summed E-state index contributed by atoms with van der Waals surface area (Å²) in [6, 6.07) is 19.8. The van der Waals surface area contributed by atoms with Gasteiger partial charge in [-0.15, -0.1) is 0 Å². The van der Waals surface area contributed by atoms with Crippen LogP contribution in [0.5, 0.6) is 0 Å². The first-order valence-electron chi connectivity index (χ1n) is 9.76. The fourth-order valence-corrected chi connectivity index (χ4v) is 3.74. The molecule has 1 fully saturated rings. The lowest BCUT2D eigenvalue weighted by atomic mass is 9.98. The monoisotopic (exact) mass is 393 g/mol. The van der Waals surface area contributed by atoms with Gasteiger partial charge in [-0.25, -0.2) is 9.97 Å². The van der Waals surface area contributed by atoms with Gasteiger partial charge >= 0.3 is 0 Å². The molecule has 0 atom stereocenters. The minimum atomic E-state index is 0.208. The van der Waals surface area contributed by atoms with Crippen molar-refractivity contribution in [2.24, 2.45) is 0 Å². The van der Waals surface area contributed by atoms with Gasteiger partial charge in [0, 0.05) is 43.5 Å². The predicted octanol–water partition coefficient (Wildman–Crippen LogP) is 4.07. The van der Waals surface area contributed by atoms with E-state index in [1.54, 1.807) is 19.5 Å². The Morgan fingerprint density at radius 1 is 1.03 bits per heavy atom. The maximum Gasteiger partial charge on any atom is 0.163 e. The van der Waals surface area contributed by atoms with Crippen LogP contribution in [0.1, 0.15) is 5.56 Å². The largest absolute Gasteiger partial charge is 0.378 e. The Balaban J connectivity index is 1.68. The van der Waals surface area contributed by atoms with Crippen molar-refractivity contribution >= 4 is 16.7 Å². The van der Waals surface area contributed by atoms with Gasteiger partial charge in [-0.3, -0.25) is 4.98 Å². The van der Waals surface area contributed by atoms with Gasteiger partial charge in [-0.2, -0.15) is 5.26 Å². The molecule has 0 spiro atoms. The molecule has 2 aromatic heterocycles. The molecule has 3 heterocycles. The molecule has 0 amide bonds. The van der Waals surface area contributed by atoms with Crippen molar-refractivity contribution in [2.45, 2.75) is 6.10 Å². The Morgan fingerprint density at radius 2 is 1.90 bits per heavy atom. The Morgan fingerprint density at radius 3 is 2.67 bits per heavy atom. The van der Waals surface area contributed by atoms with E-state index < -0.39 is 0 Å². The number of anilines is 1. The normalized spacial score (nSPS) is 13.8. The zero-order chi connectivity index (χ0) is 20.5. The second-order valence-corrected chi connectivity index (χ2v) is 7.26. The van der Waals surface area contributed by atoms with Crippen molar-refractivity contribution in [3.8, 4) is 28.6 Å². The number of nitrogens with zero attached hydrogens (tertiary/aromatic N) is 5. The quantitative estimate of drug-likeness (QED) is 0.520. The lowest BCUT2D eigenvalue weighted by Crippen LogP contribution is -2.52. The lowest BCUT2D eigenvalue weighted by molar-refractivity contribution is 0.0785. The number of ether oxygens (including phenoxy) is 1. The first kappa shape index (κ1) is 18.2. The van der Waals surface area contributed by atoms with Gasteiger partial charge in [0.25, 0.3) is 0 Å². The van der Waals surface area contributed by atoms with Crippen LogP contribution in [0.4, 0.5) is 5.82 Å². The molecule has 0 unspecified atom stereocenters. The summed E-state index contributed by atoms with van der Waals surface area (Å²) in [7, 11) is 1.73. The van der Waals surface area contributed by atoms with Crippen LogP contribution in [0.3, 0.4) is 0 Å². The SMILES string of the molecule is COC1CN(c2nc(-c3cccnc3)nc3ccc(-c4ccccc4C#N)cc23)C1. The second-order valence-electron chi connectivity index (χ2n) is 7.26. The number of rotatable bonds is 4. The van der Waals surface area contributed by atoms with Gasteiger partial charge in [0.15, 0.2) is 5.82 Å². The molecule has 1 aliphatic heterocycles. The van der Waals surface area contributed by atoms with E-state index in [0.717, 1.165) is 46.5 Å². The molecule has 30 heavy (non-hydrogen) atoms. The van der Waals surface area contributed by atoms with Crippen LogP contribution in [-0.4, -0.2) is 41.3 Å². The van der Waals surface area contributed by atoms with Gasteiger partial charge in [-0.05, 0) is 41.5 Å². The molecule has 6 heteroatoms. The summed E-state index contributed by atoms with van der Waals surface area (Å²) in [5, 5.41) is 10.5. The van der Waals surface area contributed by atoms with E-state index in [-0.39, 0.29) is 6.10 Å².